The van der Waals surface area contributed by atoms with Crippen molar-refractivity contribution in [2.75, 3.05) is 5.75 Å². The maximum absolute atomic E-state index is 13.7. The van der Waals surface area contributed by atoms with Gasteiger partial charge in [0.15, 0.2) is 6.10 Å². The fourth-order valence-electron chi connectivity index (χ4n) is 3.97. The van der Waals surface area contributed by atoms with Crippen LogP contribution < -0.4 is 5.73 Å². The third-order valence-electron chi connectivity index (χ3n) is 5.78. The lowest BCUT2D eigenvalue weighted by atomic mass is 10.0. The standard InChI is InChI=1S/C25H22N4O3S2/c1-15-19(34-28-27-15)13-12-18-14-33-24-20(26)23(30)29(24)21(18)25(31)32-22(16-8-4-2-5-9-16)17-10-6-3-7-11-17/h2-13,20,22,24H,14,26H2,1H3/b13-12-/t20?,24-/m1/s1. The molecule has 0 aliphatic carbocycles. The number of esters is 1. The highest BCUT2D eigenvalue weighted by molar-refractivity contribution is 8.00. The number of thioether (sulfide) groups is 1. The van der Waals surface area contributed by atoms with E-state index in [1.807, 2.05) is 79.7 Å². The van der Waals surface area contributed by atoms with Crippen LogP contribution in [0.2, 0.25) is 0 Å². The number of rotatable bonds is 6. The Bertz CT molecular complexity index is 1230. The highest BCUT2D eigenvalue weighted by Gasteiger charge is 2.52. The molecule has 1 amide bonds. The highest BCUT2D eigenvalue weighted by Crippen LogP contribution is 2.41. The second-order valence-corrected chi connectivity index (χ2v) is 9.86. The number of aryl methyl sites for hydroxylation is 1. The van der Waals surface area contributed by atoms with E-state index in [2.05, 4.69) is 9.59 Å². The van der Waals surface area contributed by atoms with Crippen LogP contribution in [0.1, 0.15) is 27.8 Å². The molecule has 172 valence electrons. The summed E-state index contributed by atoms with van der Waals surface area (Å²) < 4.78 is 10.0. The van der Waals surface area contributed by atoms with Gasteiger partial charge in [0.2, 0.25) is 5.91 Å². The fraction of sp³-hybridized carbons (Fsp3) is 0.200. The van der Waals surface area contributed by atoms with Gasteiger partial charge in [-0.1, -0.05) is 71.2 Å². The largest absolute Gasteiger partial charge is 0.448 e. The molecule has 2 N–H and O–H groups in total. The summed E-state index contributed by atoms with van der Waals surface area (Å²) in [6.07, 6.45) is 3.11. The van der Waals surface area contributed by atoms with Crippen LogP contribution in [0.25, 0.3) is 6.08 Å². The Morgan fingerprint density at radius 1 is 1.12 bits per heavy atom. The van der Waals surface area contributed by atoms with Crippen molar-refractivity contribution in [1.29, 1.82) is 0 Å². The number of ether oxygens (including phenoxy) is 1. The van der Waals surface area contributed by atoms with Gasteiger partial charge in [-0.15, -0.1) is 16.9 Å². The zero-order valence-electron chi connectivity index (χ0n) is 18.3. The minimum absolute atomic E-state index is 0.249. The molecular weight excluding hydrogens is 468 g/mol. The first-order valence-corrected chi connectivity index (χ1v) is 12.6. The number of allylic oxidation sites excluding steroid dienone is 1. The van der Waals surface area contributed by atoms with Crippen molar-refractivity contribution >= 4 is 41.2 Å². The van der Waals surface area contributed by atoms with Gasteiger partial charge >= 0.3 is 5.97 Å². The van der Waals surface area contributed by atoms with Crippen molar-refractivity contribution < 1.29 is 14.3 Å². The van der Waals surface area contributed by atoms with Crippen LogP contribution in [0, 0.1) is 6.92 Å². The molecule has 0 spiro atoms. The third-order valence-corrected chi connectivity index (χ3v) is 7.90. The van der Waals surface area contributed by atoms with Crippen LogP contribution in [0.3, 0.4) is 0 Å². The number of fused-ring (bicyclic) bond motifs is 1. The molecule has 0 saturated carbocycles. The lowest BCUT2D eigenvalue weighted by Gasteiger charge is -2.48. The van der Waals surface area contributed by atoms with E-state index in [0.717, 1.165) is 21.7 Å². The van der Waals surface area contributed by atoms with Crippen molar-refractivity contribution in [2.24, 2.45) is 5.73 Å². The molecule has 3 heterocycles. The second kappa shape index (κ2) is 9.54. The average Bonchev–Trinajstić information content (AvgIpc) is 3.30. The number of aromatic nitrogens is 2. The predicted molar refractivity (Wildman–Crippen MR) is 133 cm³/mol. The molecule has 5 rings (SSSR count). The zero-order valence-corrected chi connectivity index (χ0v) is 20.0. The van der Waals surface area contributed by atoms with Gasteiger partial charge in [-0.3, -0.25) is 9.69 Å². The quantitative estimate of drug-likeness (QED) is 0.416. The lowest BCUT2D eigenvalue weighted by molar-refractivity contribution is -0.153. The van der Waals surface area contributed by atoms with Gasteiger partial charge < -0.3 is 10.5 Å². The second-order valence-electron chi connectivity index (χ2n) is 7.97. The molecule has 2 aromatic carbocycles. The summed E-state index contributed by atoms with van der Waals surface area (Å²) in [5.41, 5.74) is 9.48. The summed E-state index contributed by atoms with van der Waals surface area (Å²) in [6.45, 7) is 1.88. The Kier molecular flexibility index (Phi) is 6.32. The van der Waals surface area contributed by atoms with E-state index in [9.17, 15) is 9.59 Å². The minimum Gasteiger partial charge on any atom is -0.448 e. The van der Waals surface area contributed by atoms with Gasteiger partial charge in [0.25, 0.3) is 0 Å². The van der Waals surface area contributed by atoms with Crippen molar-refractivity contribution in [2.45, 2.75) is 24.4 Å². The summed E-state index contributed by atoms with van der Waals surface area (Å²) in [5.74, 6) is -0.292. The number of hydrogen-bond acceptors (Lipinski definition) is 8. The summed E-state index contributed by atoms with van der Waals surface area (Å²) in [6, 6.07) is 18.5. The van der Waals surface area contributed by atoms with Gasteiger partial charge in [-0.25, -0.2) is 4.79 Å². The first-order chi connectivity index (χ1) is 16.5. The molecule has 3 aromatic rings. The van der Waals surface area contributed by atoms with E-state index in [1.165, 1.54) is 16.4 Å². The number of carbonyl (C=O) groups excluding carboxylic acids is 2. The van der Waals surface area contributed by atoms with E-state index >= 15 is 0 Å². The Morgan fingerprint density at radius 2 is 1.76 bits per heavy atom. The maximum atomic E-state index is 13.7. The summed E-state index contributed by atoms with van der Waals surface area (Å²) in [5, 5.41) is 3.75. The van der Waals surface area contributed by atoms with Gasteiger partial charge in [0.05, 0.1) is 10.6 Å². The molecule has 1 fully saturated rings. The van der Waals surface area contributed by atoms with E-state index in [4.69, 9.17) is 10.5 Å². The number of carbonyl (C=O) groups is 2. The number of amides is 1. The monoisotopic (exact) mass is 490 g/mol. The van der Waals surface area contributed by atoms with E-state index in [0.29, 0.717) is 11.3 Å². The molecule has 1 saturated heterocycles. The first-order valence-electron chi connectivity index (χ1n) is 10.8. The minimum atomic E-state index is -0.620. The highest BCUT2D eigenvalue weighted by atomic mass is 32.2. The molecule has 7 nitrogen and oxygen atoms in total. The van der Waals surface area contributed by atoms with E-state index < -0.39 is 18.1 Å². The third kappa shape index (κ3) is 4.18. The summed E-state index contributed by atoms with van der Waals surface area (Å²) >= 11 is 2.82. The van der Waals surface area contributed by atoms with Crippen LogP contribution >= 0.6 is 23.3 Å². The van der Waals surface area contributed by atoms with Crippen molar-refractivity contribution in [3.05, 3.63) is 99.7 Å². The van der Waals surface area contributed by atoms with Crippen LogP contribution in [0.5, 0.6) is 0 Å². The Morgan fingerprint density at radius 3 is 2.35 bits per heavy atom. The molecule has 9 heteroatoms. The number of hydrogen-bond donors (Lipinski definition) is 1. The van der Waals surface area contributed by atoms with Crippen molar-refractivity contribution in [1.82, 2.24) is 14.5 Å². The Hall–Kier alpha value is -3.27. The van der Waals surface area contributed by atoms with Crippen LogP contribution in [-0.4, -0.2) is 43.5 Å². The number of nitrogens with two attached hydrogens (primary N) is 1. The van der Waals surface area contributed by atoms with E-state index in [-0.39, 0.29) is 17.0 Å². The molecule has 2 aliphatic rings. The molecule has 0 radical (unpaired) electrons. The summed E-state index contributed by atoms with van der Waals surface area (Å²) in [4.78, 5) is 28.7. The Balaban J connectivity index is 1.52. The van der Waals surface area contributed by atoms with Crippen molar-refractivity contribution in [3.63, 3.8) is 0 Å². The molecule has 1 unspecified atom stereocenters. The van der Waals surface area contributed by atoms with Gasteiger partial charge in [0.1, 0.15) is 17.1 Å². The van der Waals surface area contributed by atoms with E-state index in [1.54, 1.807) is 11.8 Å². The first kappa shape index (κ1) is 22.5. The number of benzene rings is 2. The average molecular weight is 491 g/mol. The molecule has 1 aromatic heterocycles. The smallest absolute Gasteiger partial charge is 0.356 e. The molecule has 34 heavy (non-hydrogen) atoms. The zero-order chi connectivity index (χ0) is 23.7. The summed E-state index contributed by atoms with van der Waals surface area (Å²) in [7, 11) is 0. The SMILES string of the molecule is Cc1nnsc1/C=C\C1=C(C(=O)OC(c2ccccc2)c2ccccc2)N2C(=O)C(N)[C@H]2SC1. The fourth-order valence-corrected chi connectivity index (χ4v) is 5.79. The lowest BCUT2D eigenvalue weighted by Crippen LogP contribution is -2.68. The van der Waals surface area contributed by atoms with Crippen LogP contribution in [0.4, 0.5) is 0 Å². The molecule has 2 atom stereocenters. The predicted octanol–water partition coefficient (Wildman–Crippen LogP) is 3.69. The molecule has 2 aliphatic heterocycles. The number of β-lactam (4-membered cyclic amide) rings is 1. The van der Waals surface area contributed by atoms with Crippen molar-refractivity contribution in [3.8, 4) is 0 Å². The van der Waals surface area contributed by atoms with Crippen LogP contribution in [-0.2, 0) is 14.3 Å². The van der Waals surface area contributed by atoms with Crippen LogP contribution in [0.15, 0.2) is 78.0 Å². The molecular formula is C25H22N4O3S2. The normalized spacial score (nSPS) is 20.0. The maximum Gasteiger partial charge on any atom is 0.356 e. The number of nitrogens with zero attached hydrogens (tertiary/aromatic N) is 3. The topological polar surface area (TPSA) is 98.4 Å². The van der Waals surface area contributed by atoms with Gasteiger partial charge in [-0.2, -0.15) is 0 Å². The van der Waals surface area contributed by atoms with Gasteiger partial charge in [0, 0.05) is 5.75 Å². The Labute approximate surface area is 205 Å². The molecule has 0 bridgehead atoms. The van der Waals surface area contributed by atoms with Gasteiger partial charge in [-0.05, 0) is 41.2 Å².